The van der Waals surface area contributed by atoms with Gasteiger partial charge in [0.05, 0.1) is 17.0 Å². The van der Waals surface area contributed by atoms with Gasteiger partial charge in [-0.15, -0.1) is 4.68 Å². The zero-order chi connectivity index (χ0) is 22.1. The molecule has 4 rings (SSSR count). The Bertz CT molecular complexity index is 1250. The van der Waals surface area contributed by atoms with E-state index in [9.17, 15) is 24.1 Å². The molecule has 0 atom stereocenters. The maximum absolute atomic E-state index is 14.9. The lowest BCUT2D eigenvalue weighted by atomic mass is 9.96. The van der Waals surface area contributed by atoms with E-state index in [0.717, 1.165) is 16.3 Å². The van der Waals surface area contributed by atoms with Crippen molar-refractivity contribution in [2.24, 2.45) is 0 Å². The van der Waals surface area contributed by atoms with Gasteiger partial charge in [0.15, 0.2) is 5.82 Å². The second-order valence-electron chi connectivity index (χ2n) is 6.78. The van der Waals surface area contributed by atoms with Gasteiger partial charge in [0.2, 0.25) is 5.91 Å². The minimum Gasteiger partial charge on any atom is -0.358 e. The summed E-state index contributed by atoms with van der Waals surface area (Å²) in [5, 5.41) is 20.7. The van der Waals surface area contributed by atoms with Crippen molar-refractivity contribution in [3.8, 4) is 16.8 Å². The second-order valence-corrected chi connectivity index (χ2v) is 6.78. The summed E-state index contributed by atoms with van der Waals surface area (Å²) in [6.45, 7) is 3.80. The minimum atomic E-state index is -0.802. The summed E-state index contributed by atoms with van der Waals surface area (Å²) < 4.78 is 16.0. The van der Waals surface area contributed by atoms with Gasteiger partial charge in [0.1, 0.15) is 11.3 Å². The highest BCUT2D eigenvalue weighted by Crippen LogP contribution is 2.33. The van der Waals surface area contributed by atoms with Crippen LogP contribution in [0.1, 0.15) is 15.9 Å². The summed E-state index contributed by atoms with van der Waals surface area (Å²) in [5.74, 6) is -2.05. The predicted octanol–water partition coefficient (Wildman–Crippen LogP) is 3.00. The van der Waals surface area contributed by atoms with E-state index in [1.807, 2.05) is 0 Å². The molecule has 1 aromatic heterocycles. The van der Waals surface area contributed by atoms with E-state index in [0.29, 0.717) is 24.1 Å². The Labute approximate surface area is 175 Å². The summed E-state index contributed by atoms with van der Waals surface area (Å²) in [7, 11) is 0. The molecule has 0 bridgehead atoms. The standard InChI is InChI=1S/C21H16FN5O4/c1-2-18(28)24-16-4-3-5-17(19(16)22)26-11-15(20(25-26)27(30)31)12-6-7-14-13(10-12)8-9-23-21(14)29/h2-7,10-11H,1,8-9H2,(H,23,29)(H,24,28). The maximum atomic E-state index is 14.9. The largest absolute Gasteiger partial charge is 0.398 e. The lowest BCUT2D eigenvalue weighted by Gasteiger charge is -2.16. The minimum absolute atomic E-state index is 0.0754. The Morgan fingerprint density at radius 2 is 2.13 bits per heavy atom. The first-order valence-corrected chi connectivity index (χ1v) is 9.27. The number of rotatable bonds is 5. The lowest BCUT2D eigenvalue weighted by Crippen LogP contribution is -2.31. The van der Waals surface area contributed by atoms with E-state index >= 15 is 0 Å². The Hall–Kier alpha value is -4.34. The maximum Gasteiger partial charge on any atom is 0.398 e. The van der Waals surface area contributed by atoms with Gasteiger partial charge in [-0.25, -0.2) is 4.39 Å². The van der Waals surface area contributed by atoms with Crippen LogP contribution in [0.2, 0.25) is 0 Å². The lowest BCUT2D eigenvalue weighted by molar-refractivity contribution is -0.389. The zero-order valence-corrected chi connectivity index (χ0v) is 16.1. The quantitative estimate of drug-likeness (QED) is 0.373. The first-order chi connectivity index (χ1) is 14.9. The molecule has 1 aliphatic heterocycles. The topological polar surface area (TPSA) is 119 Å². The SMILES string of the molecule is C=CC(=O)Nc1cccc(-n2cc(-c3ccc4c(c3)CCNC4=O)c([N+](=O)[O-])n2)c1F. The number of halogens is 1. The highest BCUT2D eigenvalue weighted by Gasteiger charge is 2.26. The molecule has 0 fully saturated rings. The molecule has 0 unspecified atom stereocenters. The van der Waals surface area contributed by atoms with Gasteiger partial charge >= 0.3 is 5.82 Å². The summed E-state index contributed by atoms with van der Waals surface area (Å²) in [6.07, 6.45) is 2.94. The molecule has 1 aliphatic rings. The highest BCUT2D eigenvalue weighted by atomic mass is 19.1. The summed E-state index contributed by atoms with van der Waals surface area (Å²) in [5.41, 5.74) is 1.77. The number of carbonyl (C=O) groups excluding carboxylic acids is 2. The van der Waals surface area contributed by atoms with Crippen LogP contribution in [0.5, 0.6) is 0 Å². The highest BCUT2D eigenvalue weighted by molar-refractivity contribution is 5.99. The van der Waals surface area contributed by atoms with Crippen molar-refractivity contribution in [2.75, 3.05) is 11.9 Å². The van der Waals surface area contributed by atoms with Gasteiger partial charge in [-0.05, 0) is 52.8 Å². The fourth-order valence-corrected chi connectivity index (χ4v) is 3.40. The van der Waals surface area contributed by atoms with Gasteiger partial charge in [-0.1, -0.05) is 18.7 Å². The van der Waals surface area contributed by atoms with Crippen molar-refractivity contribution in [1.29, 1.82) is 0 Å². The Balaban J connectivity index is 1.80. The van der Waals surface area contributed by atoms with Gasteiger partial charge in [-0.3, -0.25) is 9.59 Å². The van der Waals surface area contributed by atoms with Gasteiger partial charge < -0.3 is 20.7 Å². The van der Waals surface area contributed by atoms with E-state index in [4.69, 9.17) is 0 Å². The van der Waals surface area contributed by atoms with Crippen molar-refractivity contribution in [2.45, 2.75) is 6.42 Å². The molecule has 2 N–H and O–H groups in total. The van der Waals surface area contributed by atoms with Crippen LogP contribution in [0.3, 0.4) is 0 Å². The summed E-state index contributed by atoms with van der Waals surface area (Å²) >= 11 is 0. The van der Waals surface area contributed by atoms with E-state index < -0.39 is 22.5 Å². The molecule has 2 heterocycles. The normalized spacial score (nSPS) is 12.6. The van der Waals surface area contributed by atoms with E-state index in [-0.39, 0.29) is 22.8 Å². The fraction of sp³-hybridized carbons (Fsp3) is 0.0952. The molecular formula is C21H16FN5O4. The number of hydrogen-bond donors (Lipinski definition) is 2. The van der Waals surface area contributed by atoms with Crippen molar-refractivity contribution < 1.29 is 18.9 Å². The van der Waals surface area contributed by atoms with Gasteiger partial charge in [-0.2, -0.15) is 0 Å². The number of fused-ring (bicyclic) bond motifs is 1. The average Bonchev–Trinajstić information content (AvgIpc) is 3.20. The average molecular weight is 421 g/mol. The van der Waals surface area contributed by atoms with Crippen LogP contribution in [-0.4, -0.2) is 33.1 Å². The summed E-state index contributed by atoms with van der Waals surface area (Å²) in [6, 6.07) is 9.13. The Morgan fingerprint density at radius 1 is 1.32 bits per heavy atom. The molecule has 0 saturated heterocycles. The number of nitrogens with zero attached hydrogens (tertiary/aromatic N) is 3. The predicted molar refractivity (Wildman–Crippen MR) is 110 cm³/mol. The molecule has 0 spiro atoms. The molecule has 9 nitrogen and oxygen atoms in total. The van der Waals surface area contributed by atoms with E-state index in [1.54, 1.807) is 18.2 Å². The Kier molecular flexibility index (Phi) is 5.04. The number of amides is 2. The number of nitrogens with one attached hydrogen (secondary N) is 2. The number of hydrogen-bond acceptors (Lipinski definition) is 5. The molecule has 10 heteroatoms. The number of aromatic nitrogens is 2. The molecule has 0 radical (unpaired) electrons. The van der Waals surface area contributed by atoms with Crippen molar-refractivity contribution in [3.05, 3.63) is 82.3 Å². The third kappa shape index (κ3) is 3.66. The van der Waals surface area contributed by atoms with Crippen LogP contribution in [0.25, 0.3) is 16.8 Å². The van der Waals surface area contributed by atoms with E-state index in [1.165, 1.54) is 24.4 Å². The molecular weight excluding hydrogens is 405 g/mol. The first-order valence-electron chi connectivity index (χ1n) is 9.27. The number of nitro groups is 1. The molecule has 2 aromatic carbocycles. The van der Waals surface area contributed by atoms with Gasteiger partial charge in [0.25, 0.3) is 5.91 Å². The molecule has 0 saturated carbocycles. The fourth-order valence-electron chi connectivity index (χ4n) is 3.40. The zero-order valence-electron chi connectivity index (χ0n) is 16.1. The van der Waals surface area contributed by atoms with Crippen LogP contribution < -0.4 is 10.6 Å². The number of carbonyl (C=O) groups is 2. The van der Waals surface area contributed by atoms with Gasteiger partial charge in [0, 0.05) is 12.1 Å². The van der Waals surface area contributed by atoms with Crippen molar-refractivity contribution >= 4 is 23.3 Å². The van der Waals surface area contributed by atoms with E-state index in [2.05, 4.69) is 22.3 Å². The van der Waals surface area contributed by atoms with Crippen LogP contribution in [-0.2, 0) is 11.2 Å². The monoisotopic (exact) mass is 421 g/mol. The molecule has 156 valence electrons. The number of anilines is 1. The molecule has 3 aromatic rings. The van der Waals surface area contributed by atoms with Crippen molar-refractivity contribution in [3.63, 3.8) is 0 Å². The molecule has 2 amide bonds. The van der Waals surface area contributed by atoms with Crippen LogP contribution >= 0.6 is 0 Å². The van der Waals surface area contributed by atoms with Crippen LogP contribution in [0.15, 0.2) is 55.3 Å². The smallest absolute Gasteiger partial charge is 0.358 e. The van der Waals surface area contributed by atoms with Crippen molar-refractivity contribution in [1.82, 2.24) is 15.1 Å². The Morgan fingerprint density at radius 3 is 2.87 bits per heavy atom. The third-order valence-electron chi connectivity index (χ3n) is 4.88. The number of benzene rings is 2. The summed E-state index contributed by atoms with van der Waals surface area (Å²) in [4.78, 5) is 34.4. The van der Waals surface area contributed by atoms with Crippen LogP contribution in [0.4, 0.5) is 15.9 Å². The second kappa shape index (κ2) is 7.82. The van der Waals surface area contributed by atoms with Crippen LogP contribution in [0, 0.1) is 15.9 Å². The molecule has 0 aliphatic carbocycles. The third-order valence-corrected chi connectivity index (χ3v) is 4.88. The first kappa shape index (κ1) is 20.0. The molecule has 31 heavy (non-hydrogen) atoms.